The van der Waals surface area contributed by atoms with Crippen LogP contribution in [0.25, 0.3) is 0 Å². The number of carbonyl (C=O) groups is 1. The van der Waals surface area contributed by atoms with Crippen molar-refractivity contribution >= 4 is 5.91 Å². The van der Waals surface area contributed by atoms with Crippen LogP contribution in [0.5, 0.6) is 0 Å². The molecule has 4 heteroatoms. The molecule has 1 aliphatic rings. The Bertz CT molecular complexity index is 457. The van der Waals surface area contributed by atoms with E-state index in [2.05, 4.69) is 10.6 Å². The van der Waals surface area contributed by atoms with Gasteiger partial charge in [0.1, 0.15) is 5.82 Å². The predicted molar refractivity (Wildman–Crippen MR) is 73.3 cm³/mol. The van der Waals surface area contributed by atoms with Crippen LogP contribution in [0.15, 0.2) is 18.2 Å². The predicted octanol–water partition coefficient (Wildman–Crippen LogP) is 2.45. The summed E-state index contributed by atoms with van der Waals surface area (Å²) < 4.78 is 13.4. The van der Waals surface area contributed by atoms with Gasteiger partial charge < -0.3 is 10.6 Å². The molecule has 0 radical (unpaired) electrons. The number of benzene rings is 1. The van der Waals surface area contributed by atoms with Crippen LogP contribution in [0.4, 0.5) is 4.39 Å². The van der Waals surface area contributed by atoms with E-state index >= 15 is 0 Å². The van der Waals surface area contributed by atoms with Crippen molar-refractivity contribution in [2.75, 3.05) is 6.54 Å². The van der Waals surface area contributed by atoms with Gasteiger partial charge in [-0.3, -0.25) is 4.79 Å². The second-order valence-corrected chi connectivity index (χ2v) is 5.28. The Balaban J connectivity index is 1.75. The van der Waals surface area contributed by atoms with Crippen LogP contribution in [-0.2, 0) is 4.79 Å². The van der Waals surface area contributed by atoms with E-state index in [1.54, 1.807) is 19.1 Å². The summed E-state index contributed by atoms with van der Waals surface area (Å²) in [7, 11) is 0. The van der Waals surface area contributed by atoms with Crippen molar-refractivity contribution in [1.82, 2.24) is 10.6 Å². The summed E-state index contributed by atoms with van der Waals surface area (Å²) in [6, 6.07) is 5.71. The molecule has 3 nitrogen and oxygen atoms in total. The van der Waals surface area contributed by atoms with E-state index in [0.29, 0.717) is 24.6 Å². The normalized spacial score (nSPS) is 16.2. The fraction of sp³-hybridized carbons (Fsp3) is 0.533. The van der Waals surface area contributed by atoms with E-state index in [0.717, 1.165) is 18.4 Å². The van der Waals surface area contributed by atoms with Crippen LogP contribution in [0.2, 0.25) is 0 Å². The van der Waals surface area contributed by atoms with Gasteiger partial charge in [-0.05, 0) is 43.9 Å². The standard InChI is InChI=1S/C15H21FN2O/c1-10-3-4-12(9-14(10)16)11(2)17-8-7-15(19)18-13-5-6-13/h3-4,9,11,13,17H,5-8H2,1-2H3,(H,18,19). The summed E-state index contributed by atoms with van der Waals surface area (Å²) in [4.78, 5) is 11.5. The van der Waals surface area contributed by atoms with Crippen molar-refractivity contribution in [2.24, 2.45) is 0 Å². The van der Waals surface area contributed by atoms with Crippen molar-refractivity contribution in [3.63, 3.8) is 0 Å². The summed E-state index contributed by atoms with van der Waals surface area (Å²) in [5, 5.41) is 6.19. The molecule has 104 valence electrons. The summed E-state index contributed by atoms with van der Waals surface area (Å²) in [5.41, 5.74) is 1.56. The van der Waals surface area contributed by atoms with Crippen molar-refractivity contribution in [3.05, 3.63) is 35.1 Å². The number of hydrogen-bond donors (Lipinski definition) is 2. The topological polar surface area (TPSA) is 41.1 Å². The molecule has 1 saturated carbocycles. The summed E-state index contributed by atoms with van der Waals surface area (Å²) >= 11 is 0. The first-order valence-corrected chi connectivity index (χ1v) is 6.85. The molecule has 1 fully saturated rings. The lowest BCUT2D eigenvalue weighted by Crippen LogP contribution is -2.30. The fourth-order valence-corrected chi connectivity index (χ4v) is 1.93. The average molecular weight is 264 g/mol. The molecule has 2 rings (SSSR count). The van der Waals surface area contributed by atoms with Gasteiger partial charge in [-0.2, -0.15) is 0 Å². The minimum atomic E-state index is -0.183. The molecule has 0 aromatic heterocycles. The van der Waals surface area contributed by atoms with Crippen molar-refractivity contribution in [2.45, 2.75) is 45.2 Å². The molecular weight excluding hydrogens is 243 g/mol. The lowest BCUT2D eigenvalue weighted by molar-refractivity contribution is -0.121. The van der Waals surface area contributed by atoms with Crippen molar-refractivity contribution in [3.8, 4) is 0 Å². The minimum absolute atomic E-state index is 0.0452. The number of rotatable bonds is 6. The average Bonchev–Trinajstić information content (AvgIpc) is 3.16. The van der Waals surface area contributed by atoms with Gasteiger partial charge in [-0.1, -0.05) is 12.1 Å². The number of carbonyl (C=O) groups excluding carboxylic acids is 1. The van der Waals surface area contributed by atoms with E-state index in [1.807, 2.05) is 13.0 Å². The molecule has 1 unspecified atom stereocenters. The van der Waals surface area contributed by atoms with Crippen molar-refractivity contribution < 1.29 is 9.18 Å². The van der Waals surface area contributed by atoms with Gasteiger partial charge in [0.15, 0.2) is 0 Å². The largest absolute Gasteiger partial charge is 0.353 e. The molecule has 0 spiro atoms. The maximum absolute atomic E-state index is 13.4. The molecule has 1 amide bonds. The van der Waals surface area contributed by atoms with E-state index < -0.39 is 0 Å². The van der Waals surface area contributed by atoms with Crippen molar-refractivity contribution in [1.29, 1.82) is 0 Å². The second-order valence-electron chi connectivity index (χ2n) is 5.28. The van der Waals surface area contributed by atoms with Crippen LogP contribution in [0, 0.1) is 12.7 Å². The highest BCUT2D eigenvalue weighted by Crippen LogP contribution is 2.19. The number of halogens is 1. The first kappa shape index (κ1) is 14.0. The third kappa shape index (κ3) is 4.31. The molecule has 19 heavy (non-hydrogen) atoms. The zero-order chi connectivity index (χ0) is 13.8. The molecule has 1 atom stereocenters. The van der Waals surface area contributed by atoms with Crippen LogP contribution in [0.1, 0.15) is 43.4 Å². The van der Waals surface area contributed by atoms with Gasteiger partial charge >= 0.3 is 0 Å². The maximum atomic E-state index is 13.4. The molecule has 1 aromatic rings. The Morgan fingerprint density at radius 1 is 1.47 bits per heavy atom. The van der Waals surface area contributed by atoms with Gasteiger partial charge in [-0.15, -0.1) is 0 Å². The summed E-state index contributed by atoms with van der Waals surface area (Å²) in [6.07, 6.45) is 2.69. The smallest absolute Gasteiger partial charge is 0.221 e. The lowest BCUT2D eigenvalue weighted by Gasteiger charge is -2.14. The molecule has 0 heterocycles. The lowest BCUT2D eigenvalue weighted by atomic mass is 10.1. The van der Waals surface area contributed by atoms with Crippen LogP contribution in [-0.4, -0.2) is 18.5 Å². The highest BCUT2D eigenvalue weighted by Gasteiger charge is 2.22. The molecule has 1 aliphatic carbocycles. The number of amides is 1. The monoisotopic (exact) mass is 264 g/mol. The molecule has 0 aliphatic heterocycles. The summed E-state index contributed by atoms with van der Waals surface area (Å²) in [5.74, 6) is -0.0880. The third-order valence-electron chi connectivity index (χ3n) is 3.44. The molecule has 2 N–H and O–H groups in total. The molecular formula is C15H21FN2O. The minimum Gasteiger partial charge on any atom is -0.353 e. The maximum Gasteiger partial charge on any atom is 0.221 e. The Labute approximate surface area is 113 Å². The van der Waals surface area contributed by atoms with Gasteiger partial charge in [-0.25, -0.2) is 4.39 Å². The quantitative estimate of drug-likeness (QED) is 0.828. The van der Waals surface area contributed by atoms with Crippen LogP contribution >= 0.6 is 0 Å². The van der Waals surface area contributed by atoms with Gasteiger partial charge in [0.25, 0.3) is 0 Å². The SMILES string of the molecule is Cc1ccc(C(C)NCCC(=O)NC2CC2)cc1F. The van der Waals surface area contributed by atoms with Crippen LogP contribution in [0.3, 0.4) is 0 Å². The van der Waals surface area contributed by atoms with E-state index in [-0.39, 0.29) is 17.8 Å². The Hall–Kier alpha value is -1.42. The number of aryl methyl sites for hydroxylation is 1. The number of nitrogens with one attached hydrogen (secondary N) is 2. The van der Waals surface area contributed by atoms with E-state index in [1.165, 1.54) is 0 Å². The highest BCUT2D eigenvalue weighted by atomic mass is 19.1. The first-order chi connectivity index (χ1) is 9.06. The molecule has 0 saturated heterocycles. The fourth-order valence-electron chi connectivity index (χ4n) is 1.93. The Morgan fingerprint density at radius 3 is 2.84 bits per heavy atom. The van der Waals surface area contributed by atoms with E-state index in [4.69, 9.17) is 0 Å². The second kappa shape index (κ2) is 6.15. The zero-order valence-corrected chi connectivity index (χ0v) is 11.5. The van der Waals surface area contributed by atoms with Gasteiger partial charge in [0.2, 0.25) is 5.91 Å². The number of hydrogen-bond acceptors (Lipinski definition) is 2. The van der Waals surface area contributed by atoms with E-state index in [9.17, 15) is 9.18 Å². The third-order valence-corrected chi connectivity index (χ3v) is 3.44. The first-order valence-electron chi connectivity index (χ1n) is 6.85. The summed E-state index contributed by atoms with van der Waals surface area (Å²) in [6.45, 7) is 4.33. The van der Waals surface area contributed by atoms with Gasteiger partial charge in [0.05, 0.1) is 0 Å². The molecule has 1 aromatic carbocycles. The Kier molecular flexibility index (Phi) is 4.53. The molecule has 0 bridgehead atoms. The Morgan fingerprint density at radius 2 is 2.21 bits per heavy atom. The zero-order valence-electron chi connectivity index (χ0n) is 11.5. The van der Waals surface area contributed by atoms with Gasteiger partial charge in [0, 0.05) is 25.0 Å². The van der Waals surface area contributed by atoms with Crippen LogP contribution < -0.4 is 10.6 Å². The highest BCUT2D eigenvalue weighted by molar-refractivity contribution is 5.76.